The van der Waals surface area contributed by atoms with E-state index in [0.29, 0.717) is 34.2 Å². The van der Waals surface area contributed by atoms with E-state index in [4.69, 9.17) is 18.9 Å². The molecule has 0 unspecified atom stereocenters. The average Bonchev–Trinajstić information content (AvgIpc) is 3.01. The van der Waals surface area contributed by atoms with Gasteiger partial charge in [-0.1, -0.05) is 6.07 Å². The molecule has 6 heteroatoms. The Hall–Kier alpha value is -2.89. The Labute approximate surface area is 127 Å². The Balaban J connectivity index is 1.89. The number of fused-ring (bicyclic) bond motifs is 1. The van der Waals surface area contributed by atoms with Crippen molar-refractivity contribution in [1.82, 2.24) is 0 Å². The Morgan fingerprint density at radius 1 is 1.05 bits per heavy atom. The first-order valence-electron chi connectivity index (χ1n) is 6.65. The minimum Gasteiger partial charge on any atom is -0.496 e. The highest BCUT2D eigenvalue weighted by Gasteiger charge is 2.19. The Morgan fingerprint density at radius 3 is 2.41 bits per heavy atom. The highest BCUT2D eigenvalue weighted by molar-refractivity contribution is 6.08. The molecule has 114 valence electrons. The van der Waals surface area contributed by atoms with Gasteiger partial charge in [-0.25, -0.2) is 0 Å². The summed E-state index contributed by atoms with van der Waals surface area (Å²) in [7, 11) is 3.01. The molecule has 2 aromatic rings. The molecule has 2 aromatic carbocycles. The quantitative estimate of drug-likeness (QED) is 0.940. The first-order chi connectivity index (χ1) is 10.7. The SMILES string of the molecule is COc1cccc(OC)c1C(=O)Nc1ccc2c(c1)OCO2. The van der Waals surface area contributed by atoms with Crippen LogP contribution in [-0.4, -0.2) is 26.9 Å². The molecular formula is C16H15NO5. The van der Waals surface area contributed by atoms with Crippen molar-refractivity contribution in [1.29, 1.82) is 0 Å². The van der Waals surface area contributed by atoms with E-state index in [-0.39, 0.29) is 12.7 Å². The fourth-order valence-corrected chi connectivity index (χ4v) is 2.24. The van der Waals surface area contributed by atoms with E-state index in [1.807, 2.05) is 0 Å². The molecule has 22 heavy (non-hydrogen) atoms. The van der Waals surface area contributed by atoms with Crippen LogP contribution in [0.25, 0.3) is 0 Å². The number of amides is 1. The summed E-state index contributed by atoms with van der Waals surface area (Å²) in [6.07, 6.45) is 0. The van der Waals surface area contributed by atoms with Gasteiger partial charge in [0.2, 0.25) is 6.79 Å². The van der Waals surface area contributed by atoms with Crippen LogP contribution < -0.4 is 24.3 Å². The third-order valence-corrected chi connectivity index (χ3v) is 3.29. The molecule has 1 aliphatic rings. The molecule has 0 bridgehead atoms. The molecule has 0 fully saturated rings. The van der Waals surface area contributed by atoms with Crippen LogP contribution in [0.15, 0.2) is 36.4 Å². The second-order valence-electron chi connectivity index (χ2n) is 4.56. The fourth-order valence-electron chi connectivity index (χ4n) is 2.24. The van der Waals surface area contributed by atoms with Gasteiger partial charge in [0.15, 0.2) is 11.5 Å². The summed E-state index contributed by atoms with van der Waals surface area (Å²) < 4.78 is 21.0. The van der Waals surface area contributed by atoms with Gasteiger partial charge in [-0.15, -0.1) is 0 Å². The van der Waals surface area contributed by atoms with Crippen LogP contribution in [-0.2, 0) is 0 Å². The Bertz CT molecular complexity index is 691. The predicted molar refractivity (Wildman–Crippen MR) is 80.1 cm³/mol. The number of anilines is 1. The number of benzene rings is 2. The van der Waals surface area contributed by atoms with Crippen molar-refractivity contribution in [3.8, 4) is 23.0 Å². The smallest absolute Gasteiger partial charge is 0.263 e. The molecule has 0 saturated heterocycles. The average molecular weight is 301 g/mol. The summed E-state index contributed by atoms with van der Waals surface area (Å²) in [5.41, 5.74) is 0.937. The molecule has 0 aromatic heterocycles. The number of carbonyl (C=O) groups is 1. The molecule has 1 heterocycles. The van der Waals surface area contributed by atoms with E-state index in [1.54, 1.807) is 36.4 Å². The van der Waals surface area contributed by atoms with E-state index in [1.165, 1.54) is 14.2 Å². The zero-order valence-corrected chi connectivity index (χ0v) is 12.2. The van der Waals surface area contributed by atoms with Gasteiger partial charge in [0, 0.05) is 11.8 Å². The second kappa shape index (κ2) is 5.85. The molecule has 0 atom stereocenters. The van der Waals surface area contributed by atoms with E-state index in [9.17, 15) is 4.79 Å². The monoisotopic (exact) mass is 301 g/mol. The maximum absolute atomic E-state index is 12.5. The van der Waals surface area contributed by atoms with Crippen LogP contribution in [0.4, 0.5) is 5.69 Å². The van der Waals surface area contributed by atoms with Crippen molar-refractivity contribution in [3.63, 3.8) is 0 Å². The van der Waals surface area contributed by atoms with Crippen LogP contribution in [0.2, 0.25) is 0 Å². The zero-order chi connectivity index (χ0) is 15.5. The van der Waals surface area contributed by atoms with Gasteiger partial charge in [0.1, 0.15) is 17.1 Å². The molecule has 1 amide bonds. The summed E-state index contributed by atoms with van der Waals surface area (Å²) in [6, 6.07) is 10.4. The van der Waals surface area contributed by atoms with E-state index >= 15 is 0 Å². The molecular weight excluding hydrogens is 286 g/mol. The van der Waals surface area contributed by atoms with Crippen molar-refractivity contribution in [3.05, 3.63) is 42.0 Å². The molecule has 0 saturated carbocycles. The minimum absolute atomic E-state index is 0.188. The maximum Gasteiger partial charge on any atom is 0.263 e. The lowest BCUT2D eigenvalue weighted by Crippen LogP contribution is -2.14. The zero-order valence-electron chi connectivity index (χ0n) is 12.2. The summed E-state index contributed by atoms with van der Waals surface area (Å²) >= 11 is 0. The summed E-state index contributed by atoms with van der Waals surface area (Å²) in [5, 5.41) is 2.80. The number of carbonyl (C=O) groups excluding carboxylic acids is 1. The van der Waals surface area contributed by atoms with Crippen molar-refractivity contribution in [2.24, 2.45) is 0 Å². The number of nitrogens with one attached hydrogen (secondary N) is 1. The van der Waals surface area contributed by atoms with Crippen molar-refractivity contribution in [2.45, 2.75) is 0 Å². The molecule has 3 rings (SSSR count). The van der Waals surface area contributed by atoms with E-state index in [2.05, 4.69) is 5.32 Å². The second-order valence-corrected chi connectivity index (χ2v) is 4.56. The van der Waals surface area contributed by atoms with Crippen molar-refractivity contribution >= 4 is 11.6 Å². The van der Waals surface area contributed by atoms with Gasteiger partial charge >= 0.3 is 0 Å². The van der Waals surface area contributed by atoms with Crippen LogP contribution in [0.1, 0.15) is 10.4 Å². The highest BCUT2D eigenvalue weighted by atomic mass is 16.7. The van der Waals surface area contributed by atoms with E-state index < -0.39 is 0 Å². The van der Waals surface area contributed by atoms with Gasteiger partial charge in [-0.05, 0) is 24.3 Å². The normalized spacial score (nSPS) is 11.9. The maximum atomic E-state index is 12.5. The predicted octanol–water partition coefficient (Wildman–Crippen LogP) is 2.68. The Morgan fingerprint density at radius 2 is 1.73 bits per heavy atom. The van der Waals surface area contributed by atoms with Gasteiger partial charge in [-0.3, -0.25) is 4.79 Å². The topological polar surface area (TPSA) is 66.0 Å². The van der Waals surface area contributed by atoms with Crippen LogP contribution >= 0.6 is 0 Å². The van der Waals surface area contributed by atoms with Gasteiger partial charge in [0.25, 0.3) is 5.91 Å². The van der Waals surface area contributed by atoms with Gasteiger partial charge in [-0.2, -0.15) is 0 Å². The van der Waals surface area contributed by atoms with Crippen LogP contribution in [0.3, 0.4) is 0 Å². The van der Waals surface area contributed by atoms with Gasteiger partial charge in [0.05, 0.1) is 14.2 Å². The number of hydrogen-bond donors (Lipinski definition) is 1. The lowest BCUT2D eigenvalue weighted by Gasteiger charge is -2.13. The molecule has 0 spiro atoms. The first kappa shape index (κ1) is 14.1. The third-order valence-electron chi connectivity index (χ3n) is 3.29. The molecule has 1 N–H and O–H groups in total. The Kier molecular flexibility index (Phi) is 3.74. The summed E-state index contributed by atoms with van der Waals surface area (Å²) in [4.78, 5) is 12.5. The van der Waals surface area contributed by atoms with Crippen molar-refractivity contribution in [2.75, 3.05) is 26.3 Å². The molecule has 0 radical (unpaired) electrons. The number of methoxy groups -OCH3 is 2. The minimum atomic E-state index is -0.326. The lowest BCUT2D eigenvalue weighted by molar-refractivity contribution is 0.102. The van der Waals surface area contributed by atoms with E-state index in [0.717, 1.165) is 0 Å². The molecule has 6 nitrogen and oxygen atoms in total. The number of hydrogen-bond acceptors (Lipinski definition) is 5. The fraction of sp³-hybridized carbons (Fsp3) is 0.188. The summed E-state index contributed by atoms with van der Waals surface area (Å²) in [5.74, 6) is 1.82. The number of rotatable bonds is 4. The highest BCUT2D eigenvalue weighted by Crippen LogP contribution is 2.35. The van der Waals surface area contributed by atoms with Gasteiger partial charge < -0.3 is 24.3 Å². The first-order valence-corrected chi connectivity index (χ1v) is 6.65. The number of ether oxygens (including phenoxy) is 4. The summed E-state index contributed by atoms with van der Waals surface area (Å²) in [6.45, 7) is 0.188. The van der Waals surface area contributed by atoms with Crippen molar-refractivity contribution < 1.29 is 23.7 Å². The van der Waals surface area contributed by atoms with Crippen LogP contribution in [0, 0.1) is 0 Å². The largest absolute Gasteiger partial charge is 0.496 e. The lowest BCUT2D eigenvalue weighted by atomic mass is 10.1. The molecule has 1 aliphatic heterocycles. The van der Waals surface area contributed by atoms with Crippen LogP contribution in [0.5, 0.6) is 23.0 Å². The third kappa shape index (κ3) is 2.50. The molecule has 0 aliphatic carbocycles. The standard InChI is InChI=1S/C16H15NO5/c1-19-12-4-3-5-13(20-2)15(12)16(18)17-10-6-7-11-14(8-10)22-9-21-11/h3-8H,9H2,1-2H3,(H,17,18).